The Morgan fingerprint density at radius 1 is 1.53 bits per heavy atom. The number of nitrogens with one attached hydrogen (secondary N) is 1. The normalized spacial score (nSPS) is 21.5. The van der Waals surface area contributed by atoms with Crippen molar-refractivity contribution >= 4 is 12.0 Å². The second kappa shape index (κ2) is 7.00. The van der Waals surface area contributed by atoms with E-state index in [0.717, 1.165) is 13.1 Å². The van der Waals surface area contributed by atoms with Gasteiger partial charge in [-0.25, -0.2) is 9.59 Å². The van der Waals surface area contributed by atoms with Crippen LogP contribution in [0, 0.1) is 12.3 Å². The van der Waals surface area contributed by atoms with Gasteiger partial charge in [0.2, 0.25) is 0 Å². The number of terminal acetylenes is 1. The number of hydrogen-bond acceptors (Lipinski definition) is 3. The van der Waals surface area contributed by atoms with Crippen LogP contribution in [0.15, 0.2) is 0 Å². The molecule has 19 heavy (non-hydrogen) atoms. The highest BCUT2D eigenvalue weighted by atomic mass is 16.4. The molecule has 0 saturated carbocycles. The van der Waals surface area contributed by atoms with Gasteiger partial charge in [-0.1, -0.05) is 6.92 Å². The van der Waals surface area contributed by atoms with Crippen molar-refractivity contribution in [3.05, 3.63) is 0 Å². The maximum absolute atomic E-state index is 12.0. The number of hydrogen-bond donors (Lipinski definition) is 2. The lowest BCUT2D eigenvalue weighted by Crippen LogP contribution is -2.57. The minimum atomic E-state index is -1.11. The average Bonchev–Trinajstić information content (AvgIpc) is 2.37. The van der Waals surface area contributed by atoms with Gasteiger partial charge in [0.25, 0.3) is 0 Å². The van der Waals surface area contributed by atoms with E-state index in [-0.39, 0.29) is 18.5 Å². The number of carbonyl (C=O) groups is 2. The predicted molar refractivity (Wildman–Crippen MR) is 71.7 cm³/mol. The quantitative estimate of drug-likeness (QED) is 0.714. The van der Waals surface area contributed by atoms with E-state index in [1.807, 2.05) is 0 Å². The predicted octanol–water partition coefficient (Wildman–Crippen LogP) is 0.199. The molecular formula is C13H21N3O3. The molecule has 0 radical (unpaired) electrons. The van der Waals surface area contributed by atoms with E-state index >= 15 is 0 Å². The standard InChI is InChI=1S/C13H21N3O3/c1-4-6-11(12(17)18)14-13(19)16-8-7-15(5-2)10(3)9-16/h1,10-11H,5-9H2,2-3H3,(H,14,19)(H,17,18). The van der Waals surface area contributed by atoms with Crippen LogP contribution in [-0.2, 0) is 4.79 Å². The monoisotopic (exact) mass is 267 g/mol. The Bertz CT molecular complexity index is 378. The van der Waals surface area contributed by atoms with Crippen molar-refractivity contribution in [2.24, 2.45) is 0 Å². The van der Waals surface area contributed by atoms with Crippen LogP contribution in [0.25, 0.3) is 0 Å². The van der Waals surface area contributed by atoms with Gasteiger partial charge in [0.15, 0.2) is 0 Å². The summed E-state index contributed by atoms with van der Waals surface area (Å²) in [5.74, 6) is 1.16. The molecule has 1 fully saturated rings. The number of piperazine rings is 1. The molecule has 1 aliphatic heterocycles. The van der Waals surface area contributed by atoms with Crippen LogP contribution < -0.4 is 5.32 Å². The van der Waals surface area contributed by atoms with Crippen molar-refractivity contribution in [3.63, 3.8) is 0 Å². The second-order valence-corrected chi connectivity index (χ2v) is 4.67. The fourth-order valence-corrected chi connectivity index (χ4v) is 2.21. The summed E-state index contributed by atoms with van der Waals surface area (Å²) in [4.78, 5) is 26.8. The van der Waals surface area contributed by atoms with Gasteiger partial charge in [-0.2, -0.15) is 0 Å². The van der Waals surface area contributed by atoms with E-state index in [9.17, 15) is 9.59 Å². The van der Waals surface area contributed by atoms with Gasteiger partial charge in [-0.3, -0.25) is 4.90 Å². The topological polar surface area (TPSA) is 72.9 Å². The molecule has 1 rings (SSSR count). The van der Waals surface area contributed by atoms with Gasteiger partial charge >= 0.3 is 12.0 Å². The van der Waals surface area contributed by atoms with Crippen molar-refractivity contribution in [2.75, 3.05) is 26.2 Å². The zero-order valence-electron chi connectivity index (χ0n) is 11.4. The summed E-state index contributed by atoms with van der Waals surface area (Å²) in [5.41, 5.74) is 0. The van der Waals surface area contributed by atoms with E-state index in [4.69, 9.17) is 11.5 Å². The first kappa shape index (κ1) is 15.3. The molecule has 0 aromatic heterocycles. The van der Waals surface area contributed by atoms with Gasteiger partial charge in [-0.05, 0) is 13.5 Å². The van der Waals surface area contributed by atoms with Crippen molar-refractivity contribution in [1.29, 1.82) is 0 Å². The minimum Gasteiger partial charge on any atom is -0.480 e. The smallest absolute Gasteiger partial charge is 0.327 e. The van der Waals surface area contributed by atoms with Gasteiger partial charge in [0.05, 0.1) is 0 Å². The molecule has 2 unspecified atom stereocenters. The van der Waals surface area contributed by atoms with Crippen LogP contribution in [0.3, 0.4) is 0 Å². The maximum atomic E-state index is 12.0. The maximum Gasteiger partial charge on any atom is 0.327 e. The molecule has 0 spiro atoms. The molecule has 106 valence electrons. The van der Waals surface area contributed by atoms with Crippen LogP contribution >= 0.6 is 0 Å². The Balaban J connectivity index is 2.54. The molecular weight excluding hydrogens is 246 g/mol. The van der Waals surface area contributed by atoms with Crippen molar-refractivity contribution in [1.82, 2.24) is 15.1 Å². The first-order chi connectivity index (χ1) is 8.99. The zero-order valence-corrected chi connectivity index (χ0v) is 11.4. The second-order valence-electron chi connectivity index (χ2n) is 4.67. The fraction of sp³-hybridized carbons (Fsp3) is 0.692. The summed E-state index contributed by atoms with van der Waals surface area (Å²) < 4.78 is 0. The van der Waals surface area contributed by atoms with Crippen LogP contribution in [0.4, 0.5) is 4.79 Å². The summed E-state index contributed by atoms with van der Waals surface area (Å²) in [7, 11) is 0. The van der Waals surface area contributed by atoms with E-state index < -0.39 is 12.0 Å². The molecule has 0 aliphatic carbocycles. The van der Waals surface area contributed by atoms with Gasteiger partial charge in [0.1, 0.15) is 6.04 Å². The van der Waals surface area contributed by atoms with Crippen molar-refractivity contribution in [2.45, 2.75) is 32.4 Å². The van der Waals surface area contributed by atoms with Gasteiger partial charge < -0.3 is 15.3 Å². The molecule has 2 amide bonds. The SMILES string of the molecule is C#CCC(NC(=O)N1CCN(CC)C(C)C1)C(=O)O. The molecule has 0 aromatic carbocycles. The number of carbonyl (C=O) groups excluding carboxylic acids is 1. The van der Waals surface area contributed by atoms with Gasteiger partial charge in [0, 0.05) is 32.1 Å². The minimum absolute atomic E-state index is 0.00838. The highest BCUT2D eigenvalue weighted by Crippen LogP contribution is 2.09. The summed E-state index contributed by atoms with van der Waals surface area (Å²) >= 11 is 0. The number of nitrogens with zero attached hydrogens (tertiary/aromatic N) is 2. The summed E-state index contributed by atoms with van der Waals surface area (Å²) in [5, 5.41) is 11.4. The Hall–Kier alpha value is -1.74. The van der Waals surface area contributed by atoms with Crippen LogP contribution in [-0.4, -0.2) is 65.2 Å². The Kier molecular flexibility index (Phi) is 5.64. The Labute approximate surface area is 113 Å². The molecule has 1 heterocycles. The van der Waals surface area contributed by atoms with E-state index in [1.54, 1.807) is 4.90 Å². The first-order valence-corrected chi connectivity index (χ1v) is 6.45. The number of likely N-dealkylation sites (N-methyl/N-ethyl adjacent to an activating group) is 1. The molecule has 2 atom stereocenters. The van der Waals surface area contributed by atoms with E-state index in [1.165, 1.54) is 0 Å². The number of carboxylic acids is 1. The van der Waals surface area contributed by atoms with Crippen molar-refractivity contribution in [3.8, 4) is 12.3 Å². The number of rotatable bonds is 4. The van der Waals surface area contributed by atoms with Gasteiger partial charge in [-0.15, -0.1) is 12.3 Å². The third-order valence-corrected chi connectivity index (χ3v) is 3.38. The largest absolute Gasteiger partial charge is 0.480 e. The zero-order chi connectivity index (χ0) is 14.4. The summed E-state index contributed by atoms with van der Waals surface area (Å²) in [6.07, 6.45) is 5.09. The molecule has 6 heteroatoms. The van der Waals surface area contributed by atoms with Crippen LogP contribution in [0.2, 0.25) is 0 Å². The van der Waals surface area contributed by atoms with Crippen LogP contribution in [0.5, 0.6) is 0 Å². The average molecular weight is 267 g/mol. The lowest BCUT2D eigenvalue weighted by atomic mass is 10.2. The number of carboxylic acid groups (broad SMARTS) is 1. The van der Waals surface area contributed by atoms with Crippen LogP contribution in [0.1, 0.15) is 20.3 Å². The van der Waals surface area contributed by atoms with Crippen molar-refractivity contribution < 1.29 is 14.7 Å². The molecule has 1 saturated heterocycles. The molecule has 0 aromatic rings. The summed E-state index contributed by atoms with van der Waals surface area (Å²) in [6, 6.07) is -1.09. The van der Waals surface area contributed by atoms with E-state index in [0.29, 0.717) is 13.1 Å². The Morgan fingerprint density at radius 2 is 2.21 bits per heavy atom. The first-order valence-electron chi connectivity index (χ1n) is 6.45. The number of urea groups is 1. The molecule has 1 aliphatic rings. The molecule has 2 N–H and O–H groups in total. The summed E-state index contributed by atoms with van der Waals surface area (Å²) in [6.45, 7) is 7.09. The number of amides is 2. The fourth-order valence-electron chi connectivity index (χ4n) is 2.21. The lowest BCUT2D eigenvalue weighted by molar-refractivity contribution is -0.139. The lowest BCUT2D eigenvalue weighted by Gasteiger charge is -2.39. The molecule has 6 nitrogen and oxygen atoms in total. The Morgan fingerprint density at radius 3 is 2.68 bits per heavy atom. The number of aliphatic carboxylic acids is 1. The third-order valence-electron chi connectivity index (χ3n) is 3.38. The highest BCUT2D eigenvalue weighted by molar-refractivity contribution is 5.82. The highest BCUT2D eigenvalue weighted by Gasteiger charge is 2.28. The van der Waals surface area contributed by atoms with E-state index in [2.05, 4.69) is 30.0 Å². The molecule has 0 bridgehead atoms. The third kappa shape index (κ3) is 4.14.